The van der Waals surface area contributed by atoms with E-state index in [1.165, 1.54) is 12.8 Å². The normalized spacial score (nSPS) is 18.4. The Labute approximate surface area is 143 Å². The summed E-state index contributed by atoms with van der Waals surface area (Å²) in [4.78, 5) is 8.79. The van der Waals surface area contributed by atoms with Gasteiger partial charge in [0.05, 0.1) is 0 Å². The minimum absolute atomic E-state index is 0. The van der Waals surface area contributed by atoms with Crippen LogP contribution in [0.5, 0.6) is 5.88 Å². The molecule has 0 bridgehead atoms. The molecule has 116 valence electrons. The topological polar surface area (TPSA) is 58.5 Å². The van der Waals surface area contributed by atoms with E-state index in [2.05, 4.69) is 26.7 Å². The second kappa shape index (κ2) is 8.41. The van der Waals surface area contributed by atoms with Crippen molar-refractivity contribution in [2.45, 2.75) is 44.8 Å². The summed E-state index contributed by atoms with van der Waals surface area (Å²) >= 11 is 0. The van der Waals surface area contributed by atoms with Crippen molar-refractivity contribution in [2.24, 2.45) is 4.99 Å². The molecule has 0 radical (unpaired) electrons. The van der Waals surface area contributed by atoms with Gasteiger partial charge in [-0.2, -0.15) is 0 Å². The summed E-state index contributed by atoms with van der Waals surface area (Å²) in [7, 11) is 0. The van der Waals surface area contributed by atoms with Crippen LogP contribution in [0, 0.1) is 0 Å². The molecule has 0 atom stereocenters. The molecule has 0 aromatic carbocycles. The first-order chi connectivity index (χ1) is 9.92. The number of aliphatic imine (C=N–C) groups is 1. The predicted molar refractivity (Wildman–Crippen MR) is 94.3 cm³/mol. The van der Waals surface area contributed by atoms with Gasteiger partial charge < -0.3 is 15.4 Å². The van der Waals surface area contributed by atoms with E-state index in [0.717, 1.165) is 49.8 Å². The number of pyridine rings is 1. The van der Waals surface area contributed by atoms with E-state index in [9.17, 15) is 0 Å². The average molecular weight is 402 g/mol. The van der Waals surface area contributed by atoms with Crippen molar-refractivity contribution < 1.29 is 4.74 Å². The molecule has 5 nitrogen and oxygen atoms in total. The Morgan fingerprint density at radius 1 is 1.29 bits per heavy atom. The average Bonchev–Trinajstić information content (AvgIpc) is 3.00. The monoisotopic (exact) mass is 402 g/mol. The summed E-state index contributed by atoms with van der Waals surface area (Å²) < 4.78 is 6.03. The molecule has 1 saturated carbocycles. The molecule has 2 aliphatic rings. The first kappa shape index (κ1) is 16.3. The molecule has 0 unspecified atom stereocenters. The van der Waals surface area contributed by atoms with Crippen molar-refractivity contribution in [2.75, 3.05) is 13.1 Å². The minimum Gasteiger partial charge on any atom is -0.474 e. The molecule has 1 aliphatic heterocycles. The van der Waals surface area contributed by atoms with Gasteiger partial charge in [-0.05, 0) is 38.2 Å². The SMILES string of the molecule is I.c1cnc(OC2CCCC2)c(CNC2=NCCCN2)c1. The Bertz CT molecular complexity index is 474. The van der Waals surface area contributed by atoms with Gasteiger partial charge in [0.2, 0.25) is 5.88 Å². The third-order valence-electron chi connectivity index (χ3n) is 3.77. The van der Waals surface area contributed by atoms with E-state index in [4.69, 9.17) is 4.74 Å². The lowest BCUT2D eigenvalue weighted by atomic mass is 10.2. The molecule has 1 fully saturated rings. The lowest BCUT2D eigenvalue weighted by Gasteiger charge is -2.18. The summed E-state index contributed by atoms with van der Waals surface area (Å²) in [5.41, 5.74) is 1.09. The molecule has 1 aromatic rings. The Kier molecular flexibility index (Phi) is 6.53. The number of hydrogen-bond donors (Lipinski definition) is 2. The zero-order valence-corrected chi connectivity index (χ0v) is 14.5. The molecule has 2 N–H and O–H groups in total. The van der Waals surface area contributed by atoms with Crippen LogP contribution in [0.2, 0.25) is 0 Å². The summed E-state index contributed by atoms with van der Waals surface area (Å²) in [6.07, 6.45) is 8.08. The van der Waals surface area contributed by atoms with Crippen LogP contribution in [0.4, 0.5) is 0 Å². The maximum absolute atomic E-state index is 6.03. The van der Waals surface area contributed by atoms with Gasteiger partial charge in [-0.3, -0.25) is 4.99 Å². The first-order valence-corrected chi connectivity index (χ1v) is 7.54. The van der Waals surface area contributed by atoms with Gasteiger partial charge >= 0.3 is 0 Å². The lowest BCUT2D eigenvalue weighted by molar-refractivity contribution is 0.199. The van der Waals surface area contributed by atoms with Crippen LogP contribution >= 0.6 is 24.0 Å². The highest BCUT2D eigenvalue weighted by molar-refractivity contribution is 14.0. The third-order valence-corrected chi connectivity index (χ3v) is 3.77. The van der Waals surface area contributed by atoms with Crippen LogP contribution in [0.3, 0.4) is 0 Å². The summed E-state index contributed by atoms with van der Waals surface area (Å²) in [6, 6.07) is 4.02. The fraction of sp³-hybridized carbons (Fsp3) is 0.600. The standard InChI is InChI=1S/C15H22N4O.HI/c1-2-7-13(6-1)20-14-12(5-3-8-16-14)11-19-15-17-9-4-10-18-15;/h3,5,8,13H,1-2,4,6-7,9-11H2,(H2,17,18,19);1H. The van der Waals surface area contributed by atoms with Gasteiger partial charge in [0, 0.05) is 31.4 Å². The van der Waals surface area contributed by atoms with Crippen molar-refractivity contribution in [3.8, 4) is 5.88 Å². The first-order valence-electron chi connectivity index (χ1n) is 7.54. The Balaban J connectivity index is 0.00000161. The third kappa shape index (κ3) is 4.72. The lowest BCUT2D eigenvalue weighted by Crippen LogP contribution is -2.40. The van der Waals surface area contributed by atoms with E-state index in [-0.39, 0.29) is 24.0 Å². The van der Waals surface area contributed by atoms with Gasteiger partial charge in [0.25, 0.3) is 0 Å². The molecule has 21 heavy (non-hydrogen) atoms. The summed E-state index contributed by atoms with van der Waals surface area (Å²) in [5.74, 6) is 1.65. The van der Waals surface area contributed by atoms with Crippen molar-refractivity contribution in [1.29, 1.82) is 0 Å². The van der Waals surface area contributed by atoms with Crippen molar-refractivity contribution in [3.63, 3.8) is 0 Å². The van der Waals surface area contributed by atoms with Gasteiger partial charge in [-0.15, -0.1) is 24.0 Å². The minimum atomic E-state index is 0. The van der Waals surface area contributed by atoms with Crippen molar-refractivity contribution >= 4 is 29.9 Å². The van der Waals surface area contributed by atoms with E-state index in [0.29, 0.717) is 12.6 Å². The number of rotatable bonds is 4. The van der Waals surface area contributed by atoms with Gasteiger partial charge in [0.1, 0.15) is 6.10 Å². The number of nitrogens with one attached hydrogen (secondary N) is 2. The van der Waals surface area contributed by atoms with Crippen LogP contribution in [-0.2, 0) is 6.54 Å². The molecule has 6 heteroatoms. The molecule has 0 saturated heterocycles. The summed E-state index contributed by atoms with van der Waals surface area (Å²) in [6.45, 7) is 2.58. The van der Waals surface area contributed by atoms with Gasteiger partial charge in [-0.1, -0.05) is 6.07 Å². The van der Waals surface area contributed by atoms with Crippen molar-refractivity contribution in [1.82, 2.24) is 15.6 Å². The highest BCUT2D eigenvalue weighted by atomic mass is 127. The van der Waals surface area contributed by atoms with Crippen molar-refractivity contribution in [3.05, 3.63) is 23.9 Å². The molecule has 1 aliphatic carbocycles. The van der Waals surface area contributed by atoms with Gasteiger partial charge in [0.15, 0.2) is 5.96 Å². The second-order valence-corrected chi connectivity index (χ2v) is 5.36. The largest absolute Gasteiger partial charge is 0.474 e. The number of guanidine groups is 1. The van der Waals surface area contributed by atoms with E-state index >= 15 is 0 Å². The highest BCUT2D eigenvalue weighted by Crippen LogP contribution is 2.24. The highest BCUT2D eigenvalue weighted by Gasteiger charge is 2.18. The second-order valence-electron chi connectivity index (χ2n) is 5.36. The van der Waals surface area contributed by atoms with E-state index < -0.39 is 0 Å². The number of halogens is 1. The smallest absolute Gasteiger partial charge is 0.218 e. The molecular formula is C15H23IN4O. The number of aromatic nitrogens is 1. The molecule has 0 spiro atoms. The van der Waals surface area contributed by atoms with Gasteiger partial charge in [-0.25, -0.2) is 4.98 Å². The Morgan fingerprint density at radius 2 is 2.14 bits per heavy atom. The molecule has 3 rings (SSSR count). The van der Waals surface area contributed by atoms with E-state index in [1.807, 2.05) is 6.07 Å². The number of nitrogens with zero attached hydrogens (tertiary/aromatic N) is 2. The maximum Gasteiger partial charge on any atom is 0.218 e. The molecule has 2 heterocycles. The fourth-order valence-electron chi connectivity index (χ4n) is 2.66. The molecule has 0 amide bonds. The Hall–Kier alpha value is -1.05. The Morgan fingerprint density at radius 3 is 2.90 bits per heavy atom. The number of ether oxygens (including phenoxy) is 1. The predicted octanol–water partition coefficient (Wildman–Crippen LogP) is 2.46. The van der Waals surface area contributed by atoms with Crippen LogP contribution in [0.25, 0.3) is 0 Å². The summed E-state index contributed by atoms with van der Waals surface area (Å²) in [5, 5.41) is 6.58. The fourth-order valence-corrected chi connectivity index (χ4v) is 2.66. The van der Waals surface area contributed by atoms with Crippen LogP contribution in [0.15, 0.2) is 23.3 Å². The van der Waals surface area contributed by atoms with Crippen LogP contribution < -0.4 is 15.4 Å². The zero-order chi connectivity index (χ0) is 13.6. The number of hydrogen-bond acceptors (Lipinski definition) is 5. The molecule has 1 aromatic heterocycles. The van der Waals surface area contributed by atoms with Crippen LogP contribution in [0.1, 0.15) is 37.7 Å². The van der Waals surface area contributed by atoms with E-state index in [1.54, 1.807) is 6.20 Å². The molecular weight excluding hydrogens is 379 g/mol. The maximum atomic E-state index is 6.03. The van der Waals surface area contributed by atoms with Crippen LogP contribution in [-0.4, -0.2) is 30.1 Å². The zero-order valence-electron chi connectivity index (χ0n) is 12.2. The quantitative estimate of drug-likeness (QED) is 0.760.